The van der Waals surface area contributed by atoms with Crippen molar-refractivity contribution in [2.24, 2.45) is 5.92 Å². The number of thiol groups is 1. The zero-order chi connectivity index (χ0) is 24.0. The standard InChI is InChI=1S/C24H30N4O4S/c1-15(2)20(33)21(29)28-24(9-3-4-10-24)23(32)27-19(22(30)31)11-16-5-7-17(8-6-16)18-12-25-14-26-13-18/h5-8,12-15,19-20,33H,3-4,9-11H2,1-2H3,(H,27,32)(H,28,29)(H,30,31). The van der Waals surface area contributed by atoms with Crippen molar-refractivity contribution >= 4 is 30.4 Å². The molecule has 1 aliphatic carbocycles. The van der Waals surface area contributed by atoms with Gasteiger partial charge in [-0.05, 0) is 29.9 Å². The Labute approximate surface area is 199 Å². The van der Waals surface area contributed by atoms with Crippen LogP contribution in [0.5, 0.6) is 0 Å². The summed E-state index contributed by atoms with van der Waals surface area (Å²) in [7, 11) is 0. The molecule has 3 rings (SSSR count). The fourth-order valence-electron chi connectivity index (χ4n) is 4.01. The summed E-state index contributed by atoms with van der Waals surface area (Å²) >= 11 is 4.36. The van der Waals surface area contributed by atoms with Crippen LogP contribution in [0.1, 0.15) is 45.1 Å². The molecular weight excluding hydrogens is 440 g/mol. The van der Waals surface area contributed by atoms with E-state index in [0.29, 0.717) is 12.8 Å². The summed E-state index contributed by atoms with van der Waals surface area (Å²) in [6.45, 7) is 3.77. The lowest BCUT2D eigenvalue weighted by atomic mass is 9.94. The van der Waals surface area contributed by atoms with Crippen molar-refractivity contribution in [3.63, 3.8) is 0 Å². The average Bonchev–Trinajstić information content (AvgIpc) is 3.28. The smallest absolute Gasteiger partial charge is 0.326 e. The van der Waals surface area contributed by atoms with Gasteiger partial charge in [0.1, 0.15) is 17.9 Å². The number of hydrogen-bond donors (Lipinski definition) is 4. The molecule has 2 aromatic rings. The van der Waals surface area contributed by atoms with E-state index in [1.54, 1.807) is 12.4 Å². The van der Waals surface area contributed by atoms with E-state index in [2.05, 4.69) is 33.2 Å². The van der Waals surface area contributed by atoms with E-state index < -0.39 is 28.7 Å². The van der Waals surface area contributed by atoms with Crippen LogP contribution in [0.2, 0.25) is 0 Å². The van der Waals surface area contributed by atoms with Crippen LogP contribution in [0, 0.1) is 5.92 Å². The molecule has 0 radical (unpaired) electrons. The molecule has 2 unspecified atom stereocenters. The van der Waals surface area contributed by atoms with Crippen LogP contribution in [0.25, 0.3) is 11.1 Å². The molecule has 176 valence electrons. The molecule has 1 heterocycles. The van der Waals surface area contributed by atoms with E-state index in [9.17, 15) is 19.5 Å². The van der Waals surface area contributed by atoms with E-state index >= 15 is 0 Å². The molecule has 0 spiro atoms. The Morgan fingerprint density at radius 3 is 2.21 bits per heavy atom. The number of nitrogens with one attached hydrogen (secondary N) is 2. The summed E-state index contributed by atoms with van der Waals surface area (Å²) in [5.41, 5.74) is 1.44. The Bertz CT molecular complexity index is 976. The number of rotatable bonds is 9. The van der Waals surface area contributed by atoms with Crippen molar-refractivity contribution in [1.29, 1.82) is 0 Å². The molecule has 1 aromatic heterocycles. The van der Waals surface area contributed by atoms with Crippen LogP contribution in [0.3, 0.4) is 0 Å². The maximum Gasteiger partial charge on any atom is 0.326 e. The Balaban J connectivity index is 1.71. The second kappa shape index (κ2) is 10.8. The zero-order valence-electron chi connectivity index (χ0n) is 18.8. The first-order valence-electron chi connectivity index (χ1n) is 11.1. The molecule has 0 saturated heterocycles. The van der Waals surface area contributed by atoms with Crippen LogP contribution in [-0.2, 0) is 20.8 Å². The SMILES string of the molecule is CC(C)C(S)C(=O)NC1(C(=O)NC(Cc2ccc(-c3cncnc3)cc2)C(=O)O)CCCC1. The fourth-order valence-corrected chi connectivity index (χ4v) is 4.08. The minimum Gasteiger partial charge on any atom is -0.480 e. The highest BCUT2D eigenvalue weighted by Crippen LogP contribution is 2.31. The predicted octanol–water partition coefficient (Wildman–Crippen LogP) is 2.64. The number of nitrogens with zero attached hydrogens (tertiary/aromatic N) is 2. The number of carbonyl (C=O) groups is 3. The third-order valence-corrected chi connectivity index (χ3v) is 6.88. The maximum absolute atomic E-state index is 13.2. The normalized spacial score (nSPS) is 16.7. The largest absolute Gasteiger partial charge is 0.480 e. The number of amides is 2. The van der Waals surface area contributed by atoms with Gasteiger partial charge in [-0.15, -0.1) is 0 Å². The van der Waals surface area contributed by atoms with Gasteiger partial charge in [0, 0.05) is 24.4 Å². The average molecular weight is 471 g/mol. The number of aromatic nitrogens is 2. The highest BCUT2D eigenvalue weighted by molar-refractivity contribution is 7.81. The van der Waals surface area contributed by atoms with E-state index in [1.807, 2.05) is 38.1 Å². The summed E-state index contributed by atoms with van der Waals surface area (Å²) in [5.74, 6) is -1.88. The van der Waals surface area contributed by atoms with Crippen LogP contribution in [0.4, 0.5) is 0 Å². The lowest BCUT2D eigenvalue weighted by Crippen LogP contribution is -2.61. The third kappa shape index (κ3) is 6.10. The first-order valence-corrected chi connectivity index (χ1v) is 11.6. The Hall–Kier alpha value is -2.94. The van der Waals surface area contributed by atoms with Crippen LogP contribution >= 0.6 is 12.6 Å². The molecule has 0 aliphatic heterocycles. The van der Waals surface area contributed by atoms with Crippen molar-refractivity contribution in [3.8, 4) is 11.1 Å². The molecule has 2 amide bonds. The number of benzene rings is 1. The lowest BCUT2D eigenvalue weighted by Gasteiger charge is -2.32. The van der Waals surface area contributed by atoms with Gasteiger partial charge in [0.05, 0.1) is 5.25 Å². The van der Waals surface area contributed by atoms with Crippen molar-refractivity contribution in [3.05, 3.63) is 48.5 Å². The Morgan fingerprint density at radius 1 is 1.06 bits per heavy atom. The van der Waals surface area contributed by atoms with Gasteiger partial charge >= 0.3 is 5.97 Å². The van der Waals surface area contributed by atoms with Crippen molar-refractivity contribution < 1.29 is 19.5 Å². The van der Waals surface area contributed by atoms with E-state index in [1.165, 1.54) is 6.33 Å². The van der Waals surface area contributed by atoms with Crippen LogP contribution in [0.15, 0.2) is 43.0 Å². The monoisotopic (exact) mass is 470 g/mol. The third-order valence-electron chi connectivity index (χ3n) is 6.05. The molecule has 9 heteroatoms. The van der Waals surface area contributed by atoms with Crippen molar-refractivity contribution in [2.75, 3.05) is 0 Å². The quantitative estimate of drug-likeness (QED) is 0.418. The van der Waals surface area contributed by atoms with Crippen molar-refractivity contribution in [1.82, 2.24) is 20.6 Å². The van der Waals surface area contributed by atoms with Gasteiger partial charge < -0.3 is 15.7 Å². The van der Waals surface area contributed by atoms with Crippen molar-refractivity contribution in [2.45, 2.75) is 62.8 Å². The summed E-state index contributed by atoms with van der Waals surface area (Å²) in [6, 6.07) is 6.27. The molecule has 1 saturated carbocycles. The summed E-state index contributed by atoms with van der Waals surface area (Å²) in [6.07, 6.45) is 7.50. The number of carbonyl (C=O) groups excluding carboxylic acids is 2. The molecule has 2 atom stereocenters. The molecular formula is C24H30N4O4S. The topological polar surface area (TPSA) is 121 Å². The Kier molecular flexibility index (Phi) is 8.07. The van der Waals surface area contributed by atoms with E-state index in [0.717, 1.165) is 29.5 Å². The first kappa shape index (κ1) is 24.7. The minimum atomic E-state index is -1.13. The minimum absolute atomic E-state index is 0.00651. The fraction of sp³-hybridized carbons (Fsp3) is 0.458. The van der Waals surface area contributed by atoms with E-state index in [-0.39, 0.29) is 18.2 Å². The molecule has 1 fully saturated rings. The highest BCUT2D eigenvalue weighted by atomic mass is 32.1. The molecule has 1 aromatic carbocycles. The summed E-state index contributed by atoms with van der Waals surface area (Å²) in [4.78, 5) is 45.8. The van der Waals surface area contributed by atoms with Crippen LogP contribution in [-0.4, -0.2) is 49.7 Å². The first-order chi connectivity index (χ1) is 15.7. The lowest BCUT2D eigenvalue weighted by molar-refractivity contribution is -0.143. The second-order valence-corrected chi connectivity index (χ2v) is 9.42. The van der Waals surface area contributed by atoms with Gasteiger partial charge in [-0.2, -0.15) is 12.6 Å². The van der Waals surface area contributed by atoms with Gasteiger partial charge in [-0.3, -0.25) is 9.59 Å². The predicted molar refractivity (Wildman–Crippen MR) is 128 cm³/mol. The zero-order valence-corrected chi connectivity index (χ0v) is 19.7. The second-order valence-electron chi connectivity index (χ2n) is 8.86. The summed E-state index contributed by atoms with van der Waals surface area (Å²) < 4.78 is 0. The highest BCUT2D eigenvalue weighted by Gasteiger charge is 2.44. The molecule has 1 aliphatic rings. The number of hydrogen-bond acceptors (Lipinski definition) is 6. The maximum atomic E-state index is 13.2. The number of aliphatic carboxylic acids is 1. The van der Waals surface area contributed by atoms with Gasteiger partial charge in [0.2, 0.25) is 11.8 Å². The Morgan fingerprint density at radius 2 is 1.67 bits per heavy atom. The van der Waals surface area contributed by atoms with E-state index in [4.69, 9.17) is 0 Å². The molecule has 33 heavy (non-hydrogen) atoms. The number of carboxylic acid groups (broad SMARTS) is 1. The number of carboxylic acids is 1. The van der Waals surface area contributed by atoms with Gasteiger partial charge in [0.25, 0.3) is 0 Å². The van der Waals surface area contributed by atoms with Gasteiger partial charge in [0.15, 0.2) is 0 Å². The molecule has 3 N–H and O–H groups in total. The summed E-state index contributed by atoms with van der Waals surface area (Å²) in [5, 5.41) is 14.8. The molecule has 0 bridgehead atoms. The van der Waals surface area contributed by atoms with Gasteiger partial charge in [-0.25, -0.2) is 14.8 Å². The molecule has 8 nitrogen and oxygen atoms in total. The van der Waals surface area contributed by atoms with Crippen LogP contribution < -0.4 is 10.6 Å². The van der Waals surface area contributed by atoms with Gasteiger partial charge in [-0.1, -0.05) is 51.0 Å².